The molecule has 21 heavy (non-hydrogen) atoms. The molecule has 0 aliphatic carbocycles. The Balaban J connectivity index is 2.19. The molecule has 1 heterocycles. The fourth-order valence-corrected chi connectivity index (χ4v) is 2.85. The lowest BCUT2D eigenvalue weighted by Gasteiger charge is -2.19. The number of hydrazine groups is 1. The van der Waals surface area contributed by atoms with Crippen molar-refractivity contribution in [1.29, 1.82) is 0 Å². The third-order valence-corrected chi connectivity index (χ3v) is 4.02. The average Bonchev–Trinajstić information content (AvgIpc) is 2.85. The molecule has 0 spiro atoms. The van der Waals surface area contributed by atoms with Gasteiger partial charge in [0, 0.05) is 6.54 Å². The van der Waals surface area contributed by atoms with Gasteiger partial charge in [0.1, 0.15) is 0 Å². The molecule has 2 rings (SSSR count). The largest absolute Gasteiger partial charge is 0.308 e. The van der Waals surface area contributed by atoms with Crippen molar-refractivity contribution in [1.82, 2.24) is 20.1 Å². The third-order valence-electron chi connectivity index (χ3n) is 3.41. The second-order valence-corrected chi connectivity index (χ2v) is 6.17. The van der Waals surface area contributed by atoms with Crippen LogP contribution >= 0.6 is 15.9 Å². The van der Waals surface area contributed by atoms with E-state index in [0.717, 1.165) is 29.7 Å². The zero-order valence-corrected chi connectivity index (χ0v) is 14.0. The molecule has 1 unspecified atom stereocenters. The maximum atomic E-state index is 5.78. The fraction of sp³-hybridized carbons (Fsp3) is 0.400. The second-order valence-electron chi connectivity index (χ2n) is 5.31. The summed E-state index contributed by atoms with van der Waals surface area (Å²) < 4.78 is 3.00. The van der Waals surface area contributed by atoms with E-state index in [9.17, 15) is 0 Å². The Kier molecular flexibility index (Phi) is 5.93. The first kappa shape index (κ1) is 16.2. The lowest BCUT2D eigenvalue weighted by molar-refractivity contribution is 0.362. The number of hydrogen-bond donors (Lipinski definition) is 2. The SMILES string of the molecule is CN(C)CCn1ncc(Br)c1C(Cc1ccccc1)NN. The molecule has 3 N–H and O–H groups in total. The number of nitrogens with two attached hydrogens (primary N) is 1. The molecule has 1 aromatic carbocycles. The zero-order valence-electron chi connectivity index (χ0n) is 12.5. The molecule has 0 bridgehead atoms. The van der Waals surface area contributed by atoms with Gasteiger partial charge < -0.3 is 4.90 Å². The first-order valence-electron chi connectivity index (χ1n) is 6.97. The van der Waals surface area contributed by atoms with Crippen LogP contribution in [0.4, 0.5) is 0 Å². The van der Waals surface area contributed by atoms with Gasteiger partial charge in [-0.15, -0.1) is 0 Å². The Morgan fingerprint density at radius 1 is 1.33 bits per heavy atom. The number of nitrogens with zero attached hydrogens (tertiary/aromatic N) is 3. The Morgan fingerprint density at radius 2 is 2.05 bits per heavy atom. The van der Waals surface area contributed by atoms with E-state index in [0.29, 0.717) is 0 Å². The summed E-state index contributed by atoms with van der Waals surface area (Å²) in [6.07, 6.45) is 2.66. The van der Waals surface area contributed by atoms with Crippen molar-refractivity contribution in [2.45, 2.75) is 19.0 Å². The molecule has 1 aromatic heterocycles. The molecule has 2 aromatic rings. The third kappa shape index (κ3) is 4.38. The van der Waals surface area contributed by atoms with E-state index in [-0.39, 0.29) is 6.04 Å². The van der Waals surface area contributed by atoms with Crippen molar-refractivity contribution < 1.29 is 0 Å². The van der Waals surface area contributed by atoms with Gasteiger partial charge in [0.25, 0.3) is 0 Å². The Morgan fingerprint density at radius 3 is 2.67 bits per heavy atom. The summed E-state index contributed by atoms with van der Waals surface area (Å²) in [6, 6.07) is 10.3. The molecular formula is C15H22BrN5. The molecule has 0 fully saturated rings. The summed E-state index contributed by atoms with van der Waals surface area (Å²) in [4.78, 5) is 2.14. The summed E-state index contributed by atoms with van der Waals surface area (Å²) in [6.45, 7) is 1.77. The summed E-state index contributed by atoms with van der Waals surface area (Å²) in [5.74, 6) is 5.78. The number of rotatable bonds is 7. The van der Waals surface area contributed by atoms with Gasteiger partial charge in [-0.1, -0.05) is 30.3 Å². The molecule has 1 atom stereocenters. The number of halogens is 1. The normalized spacial score (nSPS) is 12.8. The van der Waals surface area contributed by atoms with Crippen molar-refractivity contribution in [3.63, 3.8) is 0 Å². The molecule has 5 nitrogen and oxygen atoms in total. The van der Waals surface area contributed by atoms with Crippen LogP contribution in [0, 0.1) is 0 Å². The first-order valence-corrected chi connectivity index (χ1v) is 7.77. The quantitative estimate of drug-likeness (QED) is 0.591. The molecule has 0 amide bonds. The number of nitrogens with one attached hydrogen (secondary N) is 1. The number of hydrogen-bond acceptors (Lipinski definition) is 4. The minimum absolute atomic E-state index is 0.0198. The topological polar surface area (TPSA) is 59.1 Å². The van der Waals surface area contributed by atoms with Crippen LogP contribution in [0.25, 0.3) is 0 Å². The highest BCUT2D eigenvalue weighted by Crippen LogP contribution is 2.25. The van der Waals surface area contributed by atoms with Gasteiger partial charge in [0.2, 0.25) is 0 Å². The van der Waals surface area contributed by atoms with Crippen LogP contribution in [0.3, 0.4) is 0 Å². The number of likely N-dealkylation sites (N-methyl/N-ethyl adjacent to an activating group) is 1. The van der Waals surface area contributed by atoms with E-state index >= 15 is 0 Å². The number of benzene rings is 1. The summed E-state index contributed by atoms with van der Waals surface area (Å²) in [5, 5.41) is 4.45. The molecule has 0 radical (unpaired) electrons. The Hall–Kier alpha value is -1.21. The van der Waals surface area contributed by atoms with Gasteiger partial charge in [-0.25, -0.2) is 0 Å². The van der Waals surface area contributed by atoms with Crippen molar-refractivity contribution in [2.24, 2.45) is 5.84 Å². The van der Waals surface area contributed by atoms with Gasteiger partial charge >= 0.3 is 0 Å². The van der Waals surface area contributed by atoms with Crippen LogP contribution in [0.5, 0.6) is 0 Å². The van der Waals surface area contributed by atoms with Crippen LogP contribution in [0.2, 0.25) is 0 Å². The van der Waals surface area contributed by atoms with Gasteiger partial charge in [0.05, 0.1) is 29.0 Å². The smallest absolute Gasteiger partial charge is 0.0713 e. The standard InChI is InChI=1S/C15H22BrN5/c1-20(2)8-9-21-15(13(16)11-18-21)14(19-17)10-12-6-4-3-5-7-12/h3-7,11,14,19H,8-10,17H2,1-2H3. The van der Waals surface area contributed by atoms with Gasteiger partial charge in [-0.3, -0.25) is 16.0 Å². The lowest BCUT2D eigenvalue weighted by Crippen LogP contribution is -2.32. The van der Waals surface area contributed by atoms with Crippen molar-refractivity contribution >= 4 is 15.9 Å². The molecule has 6 heteroatoms. The molecule has 0 saturated carbocycles. The van der Waals surface area contributed by atoms with Crippen molar-refractivity contribution in [3.8, 4) is 0 Å². The lowest BCUT2D eigenvalue weighted by atomic mass is 10.0. The monoisotopic (exact) mass is 351 g/mol. The molecular weight excluding hydrogens is 330 g/mol. The van der Waals surface area contributed by atoms with E-state index in [1.54, 1.807) is 0 Å². The van der Waals surface area contributed by atoms with Crippen LogP contribution in [0.1, 0.15) is 17.3 Å². The van der Waals surface area contributed by atoms with Crippen LogP contribution < -0.4 is 11.3 Å². The van der Waals surface area contributed by atoms with E-state index < -0.39 is 0 Å². The summed E-state index contributed by atoms with van der Waals surface area (Å²) >= 11 is 3.59. The van der Waals surface area contributed by atoms with Gasteiger partial charge in [-0.05, 0) is 42.0 Å². The molecule has 0 aliphatic heterocycles. The highest BCUT2D eigenvalue weighted by atomic mass is 79.9. The predicted molar refractivity (Wildman–Crippen MR) is 88.7 cm³/mol. The molecule has 0 aliphatic rings. The maximum absolute atomic E-state index is 5.78. The minimum Gasteiger partial charge on any atom is -0.308 e. The van der Waals surface area contributed by atoms with Gasteiger partial charge in [-0.2, -0.15) is 5.10 Å². The van der Waals surface area contributed by atoms with E-state index in [2.05, 4.69) is 57.6 Å². The van der Waals surface area contributed by atoms with Crippen LogP contribution in [-0.2, 0) is 13.0 Å². The minimum atomic E-state index is 0.0198. The Labute approximate surface area is 134 Å². The average molecular weight is 352 g/mol. The molecule has 0 saturated heterocycles. The van der Waals surface area contributed by atoms with Gasteiger partial charge in [0.15, 0.2) is 0 Å². The fourth-order valence-electron chi connectivity index (χ4n) is 2.28. The van der Waals surface area contributed by atoms with E-state index in [1.165, 1.54) is 5.56 Å². The van der Waals surface area contributed by atoms with Crippen molar-refractivity contribution in [3.05, 3.63) is 52.3 Å². The highest BCUT2D eigenvalue weighted by Gasteiger charge is 2.19. The van der Waals surface area contributed by atoms with E-state index in [4.69, 9.17) is 5.84 Å². The first-order chi connectivity index (χ1) is 10.1. The van der Waals surface area contributed by atoms with Crippen LogP contribution in [-0.4, -0.2) is 35.3 Å². The zero-order chi connectivity index (χ0) is 15.2. The maximum Gasteiger partial charge on any atom is 0.0713 e. The summed E-state index contributed by atoms with van der Waals surface area (Å²) in [5.41, 5.74) is 5.25. The second kappa shape index (κ2) is 7.70. The molecule has 114 valence electrons. The highest BCUT2D eigenvalue weighted by molar-refractivity contribution is 9.10. The van der Waals surface area contributed by atoms with E-state index in [1.807, 2.05) is 29.1 Å². The Bertz CT molecular complexity index is 552. The van der Waals surface area contributed by atoms with Crippen molar-refractivity contribution in [2.75, 3.05) is 20.6 Å². The summed E-state index contributed by atoms with van der Waals surface area (Å²) in [7, 11) is 4.11. The van der Waals surface area contributed by atoms with Crippen LogP contribution in [0.15, 0.2) is 41.0 Å². The predicted octanol–water partition coefficient (Wildman–Crippen LogP) is 1.95. The number of aromatic nitrogens is 2.